The van der Waals surface area contributed by atoms with E-state index in [4.69, 9.17) is 24.4 Å². The minimum atomic E-state index is -0.121. The Morgan fingerprint density at radius 3 is 2.71 bits per heavy atom. The molecule has 2 atom stereocenters. The molecule has 9 heteroatoms. The zero-order valence-electron chi connectivity index (χ0n) is 19.2. The number of nitrogens with zero attached hydrogens (tertiary/aromatic N) is 5. The van der Waals surface area contributed by atoms with E-state index in [-0.39, 0.29) is 12.0 Å². The Balaban J connectivity index is 1.46. The van der Waals surface area contributed by atoms with Gasteiger partial charge in [-0.1, -0.05) is 12.1 Å². The van der Waals surface area contributed by atoms with Gasteiger partial charge in [0.25, 0.3) is 5.91 Å². The maximum atomic E-state index is 12.1. The number of ether oxygens (including phenoxy) is 2. The van der Waals surface area contributed by atoms with Crippen LogP contribution in [-0.2, 0) is 9.47 Å². The molecule has 6 heterocycles. The highest BCUT2D eigenvalue weighted by Gasteiger charge is 2.36. The first kappa shape index (κ1) is 21.2. The van der Waals surface area contributed by atoms with Crippen LogP contribution in [0.3, 0.4) is 0 Å². The molecule has 7 rings (SSSR count). The lowest BCUT2D eigenvalue weighted by Crippen LogP contribution is -2.55. The van der Waals surface area contributed by atoms with Gasteiger partial charge in [-0.2, -0.15) is 9.97 Å². The SMILES string of the molecule is CNC(=O)c1cccc(-c2ccc3c(N4CC5CCC4CO5)nc(N4CCOCC4)nc3n2)c1. The molecule has 2 bridgehead atoms. The number of carbonyl (C=O) groups is 1. The van der Waals surface area contributed by atoms with E-state index in [0.29, 0.717) is 36.4 Å². The summed E-state index contributed by atoms with van der Waals surface area (Å²) in [5.74, 6) is 1.50. The van der Waals surface area contributed by atoms with E-state index in [1.807, 2.05) is 24.3 Å². The van der Waals surface area contributed by atoms with Crippen molar-refractivity contribution in [3.63, 3.8) is 0 Å². The van der Waals surface area contributed by atoms with Gasteiger partial charge in [-0.25, -0.2) is 4.98 Å². The molecule has 2 unspecified atom stereocenters. The second-order valence-corrected chi connectivity index (χ2v) is 9.01. The topological polar surface area (TPSA) is 92.7 Å². The molecule has 176 valence electrons. The van der Waals surface area contributed by atoms with Crippen molar-refractivity contribution < 1.29 is 14.3 Å². The molecule has 34 heavy (non-hydrogen) atoms. The smallest absolute Gasteiger partial charge is 0.251 e. The fraction of sp³-hybridized carbons (Fsp3) is 0.440. The van der Waals surface area contributed by atoms with E-state index in [9.17, 15) is 4.79 Å². The third-order valence-corrected chi connectivity index (χ3v) is 6.93. The van der Waals surface area contributed by atoms with Crippen molar-refractivity contribution in [2.45, 2.75) is 25.0 Å². The number of amides is 1. The van der Waals surface area contributed by atoms with Crippen molar-refractivity contribution in [2.75, 3.05) is 56.3 Å². The molecule has 1 amide bonds. The number of carbonyl (C=O) groups excluding carboxylic acids is 1. The number of rotatable bonds is 4. The Morgan fingerprint density at radius 2 is 1.97 bits per heavy atom. The molecule has 0 spiro atoms. The summed E-state index contributed by atoms with van der Waals surface area (Å²) in [6.07, 6.45) is 2.47. The molecule has 0 radical (unpaired) electrons. The van der Waals surface area contributed by atoms with Crippen molar-refractivity contribution in [3.05, 3.63) is 42.0 Å². The summed E-state index contributed by atoms with van der Waals surface area (Å²) in [6.45, 7) is 4.43. The summed E-state index contributed by atoms with van der Waals surface area (Å²) in [5, 5.41) is 3.62. The predicted molar refractivity (Wildman–Crippen MR) is 129 cm³/mol. The molecule has 9 nitrogen and oxygen atoms in total. The van der Waals surface area contributed by atoms with E-state index in [1.54, 1.807) is 13.1 Å². The van der Waals surface area contributed by atoms with Gasteiger partial charge >= 0.3 is 0 Å². The van der Waals surface area contributed by atoms with Gasteiger partial charge in [-0.05, 0) is 37.1 Å². The van der Waals surface area contributed by atoms with Gasteiger partial charge in [0.2, 0.25) is 5.95 Å². The maximum absolute atomic E-state index is 12.1. The number of aromatic nitrogens is 3. The summed E-state index contributed by atoms with van der Waals surface area (Å²) in [7, 11) is 1.63. The van der Waals surface area contributed by atoms with Gasteiger partial charge in [0, 0.05) is 37.8 Å². The number of hydrogen-bond donors (Lipinski definition) is 1. The Hall–Kier alpha value is -3.30. The summed E-state index contributed by atoms with van der Waals surface area (Å²) in [5.41, 5.74) is 2.92. The molecule has 4 fully saturated rings. The average Bonchev–Trinajstić information content (AvgIpc) is 2.92. The number of anilines is 2. The van der Waals surface area contributed by atoms with Crippen LogP contribution < -0.4 is 15.1 Å². The molecule has 0 aliphatic carbocycles. The van der Waals surface area contributed by atoms with E-state index in [1.165, 1.54) is 0 Å². The number of nitrogens with one attached hydrogen (secondary N) is 1. The molecule has 1 aromatic carbocycles. The fourth-order valence-corrected chi connectivity index (χ4v) is 5.04. The Bertz CT molecular complexity index is 1220. The molecule has 4 aliphatic heterocycles. The summed E-state index contributed by atoms with van der Waals surface area (Å²) >= 11 is 0. The predicted octanol–water partition coefficient (Wildman–Crippen LogP) is 2.26. The number of morpholine rings is 2. The lowest BCUT2D eigenvalue weighted by Gasteiger charge is -2.46. The Labute approximate surface area is 198 Å². The summed E-state index contributed by atoms with van der Waals surface area (Å²) in [4.78, 5) is 31.6. The maximum Gasteiger partial charge on any atom is 0.251 e. The van der Waals surface area contributed by atoms with Crippen LogP contribution >= 0.6 is 0 Å². The van der Waals surface area contributed by atoms with Crippen LogP contribution in [0.4, 0.5) is 11.8 Å². The van der Waals surface area contributed by atoms with E-state index >= 15 is 0 Å². The second kappa shape index (κ2) is 8.81. The number of hydrogen-bond acceptors (Lipinski definition) is 8. The van der Waals surface area contributed by atoms with Crippen LogP contribution in [0.2, 0.25) is 0 Å². The van der Waals surface area contributed by atoms with Crippen LogP contribution in [0.5, 0.6) is 0 Å². The van der Waals surface area contributed by atoms with Crippen molar-refractivity contribution in [3.8, 4) is 11.3 Å². The molecule has 4 saturated heterocycles. The van der Waals surface area contributed by atoms with Gasteiger partial charge in [-0.15, -0.1) is 0 Å². The van der Waals surface area contributed by atoms with Crippen LogP contribution in [0.15, 0.2) is 36.4 Å². The molecule has 3 aromatic rings. The highest BCUT2D eigenvalue weighted by molar-refractivity contribution is 5.95. The lowest BCUT2D eigenvalue weighted by molar-refractivity contribution is -0.0227. The first-order valence-electron chi connectivity index (χ1n) is 11.9. The number of benzene rings is 1. The molecule has 0 saturated carbocycles. The van der Waals surface area contributed by atoms with Crippen LogP contribution in [0, 0.1) is 0 Å². The third kappa shape index (κ3) is 3.84. The quantitative estimate of drug-likeness (QED) is 0.634. The second-order valence-electron chi connectivity index (χ2n) is 9.01. The monoisotopic (exact) mass is 460 g/mol. The van der Waals surface area contributed by atoms with E-state index in [0.717, 1.165) is 61.5 Å². The number of piperidine rings is 1. The first-order valence-corrected chi connectivity index (χ1v) is 11.9. The highest BCUT2D eigenvalue weighted by atomic mass is 16.5. The van der Waals surface area contributed by atoms with Crippen molar-refractivity contribution in [2.24, 2.45) is 0 Å². The van der Waals surface area contributed by atoms with Gasteiger partial charge in [0.05, 0.1) is 43.0 Å². The Kier molecular flexibility index (Phi) is 5.50. The third-order valence-electron chi connectivity index (χ3n) is 6.93. The van der Waals surface area contributed by atoms with E-state index < -0.39 is 0 Å². The minimum Gasteiger partial charge on any atom is -0.378 e. The molecule has 4 aliphatic rings. The zero-order chi connectivity index (χ0) is 23.1. The molecular formula is C25H28N6O3. The lowest BCUT2D eigenvalue weighted by atomic mass is 9.97. The van der Waals surface area contributed by atoms with E-state index in [2.05, 4.69) is 21.2 Å². The fourth-order valence-electron chi connectivity index (χ4n) is 5.04. The zero-order valence-corrected chi connectivity index (χ0v) is 19.2. The Morgan fingerprint density at radius 1 is 1.09 bits per heavy atom. The van der Waals surface area contributed by atoms with Crippen molar-refractivity contribution in [1.82, 2.24) is 20.3 Å². The van der Waals surface area contributed by atoms with Crippen molar-refractivity contribution in [1.29, 1.82) is 0 Å². The van der Waals surface area contributed by atoms with Crippen LogP contribution in [0.25, 0.3) is 22.3 Å². The van der Waals surface area contributed by atoms with Gasteiger partial charge < -0.3 is 24.6 Å². The molecule has 1 N–H and O–H groups in total. The van der Waals surface area contributed by atoms with Crippen LogP contribution in [0.1, 0.15) is 23.2 Å². The van der Waals surface area contributed by atoms with Gasteiger partial charge in [0.1, 0.15) is 5.82 Å². The summed E-state index contributed by atoms with van der Waals surface area (Å²) in [6, 6.07) is 11.9. The molecule has 2 aromatic heterocycles. The first-order chi connectivity index (χ1) is 16.7. The summed E-state index contributed by atoms with van der Waals surface area (Å²) < 4.78 is 11.5. The largest absolute Gasteiger partial charge is 0.378 e. The standard InChI is InChI=1S/C25H28N6O3/c1-26-24(32)17-4-2-3-16(13-17)21-8-7-20-22(27-21)28-25(30-9-11-33-12-10-30)29-23(20)31-14-19-6-5-18(31)15-34-19/h2-4,7-8,13,18-19H,5-6,9-12,14-15H2,1H3,(H,26,32). The highest BCUT2D eigenvalue weighted by Crippen LogP contribution is 2.35. The number of pyridine rings is 1. The number of fused-ring (bicyclic) bond motifs is 4. The van der Waals surface area contributed by atoms with Crippen molar-refractivity contribution >= 4 is 28.7 Å². The van der Waals surface area contributed by atoms with Crippen LogP contribution in [-0.4, -0.2) is 79.5 Å². The minimum absolute atomic E-state index is 0.121. The normalized spacial score (nSPS) is 22.3. The van der Waals surface area contributed by atoms with Gasteiger partial charge in [-0.3, -0.25) is 4.79 Å². The molecular weight excluding hydrogens is 432 g/mol. The van der Waals surface area contributed by atoms with Gasteiger partial charge in [0.15, 0.2) is 5.65 Å². The average molecular weight is 461 g/mol.